The Balaban J connectivity index is 2.31. The van der Waals surface area contributed by atoms with Crippen LogP contribution in [0.25, 0.3) is 0 Å². The molecule has 0 fully saturated rings. The quantitative estimate of drug-likeness (QED) is 0.877. The van der Waals surface area contributed by atoms with Crippen LogP contribution in [-0.2, 0) is 0 Å². The molecule has 1 atom stereocenters. The van der Waals surface area contributed by atoms with Crippen LogP contribution in [0.4, 0.5) is 0 Å². The first kappa shape index (κ1) is 11.3. The van der Waals surface area contributed by atoms with E-state index in [1.165, 1.54) is 10.5 Å². The monoisotopic (exact) mass is 233 g/mol. The summed E-state index contributed by atoms with van der Waals surface area (Å²) in [6.45, 7) is 3.97. The zero-order chi connectivity index (χ0) is 11.5. The Morgan fingerprint density at radius 1 is 1.19 bits per heavy atom. The molecule has 0 bridgehead atoms. The van der Waals surface area contributed by atoms with Crippen LogP contribution in [0.15, 0.2) is 50.8 Å². The third-order valence-electron chi connectivity index (χ3n) is 2.44. The van der Waals surface area contributed by atoms with E-state index in [1.807, 2.05) is 32.0 Å². The lowest BCUT2D eigenvalue weighted by Gasteiger charge is -2.11. The van der Waals surface area contributed by atoms with E-state index in [4.69, 9.17) is 10.2 Å². The largest absolute Gasteiger partial charge is 0.468 e. The summed E-state index contributed by atoms with van der Waals surface area (Å²) in [4.78, 5) is 2.34. The van der Waals surface area contributed by atoms with Crippen LogP contribution in [0, 0.1) is 6.92 Å². The van der Waals surface area contributed by atoms with Gasteiger partial charge in [-0.05, 0) is 31.5 Å². The number of nitrogens with two attached hydrogens (primary N) is 1. The highest BCUT2D eigenvalue weighted by Crippen LogP contribution is 2.34. The molecule has 2 nitrogen and oxygen atoms in total. The third-order valence-corrected chi connectivity index (χ3v) is 3.68. The SMILES string of the molecule is Cc1occc1Sc1ccccc1[C@H](C)N. The summed E-state index contributed by atoms with van der Waals surface area (Å²) in [5.41, 5.74) is 7.12. The minimum atomic E-state index is 0.0518. The zero-order valence-electron chi connectivity index (χ0n) is 9.44. The van der Waals surface area contributed by atoms with Crippen LogP contribution >= 0.6 is 11.8 Å². The van der Waals surface area contributed by atoms with Crippen molar-refractivity contribution in [1.29, 1.82) is 0 Å². The standard InChI is InChI=1S/C13H15NOS/c1-9(14)11-5-3-4-6-13(11)16-12-7-8-15-10(12)2/h3-9H,14H2,1-2H3/t9-/m0/s1. The van der Waals surface area contributed by atoms with Crippen molar-refractivity contribution in [3.63, 3.8) is 0 Å². The van der Waals surface area contributed by atoms with Gasteiger partial charge in [-0.1, -0.05) is 30.0 Å². The molecule has 3 heteroatoms. The maximum Gasteiger partial charge on any atom is 0.114 e. The average Bonchev–Trinajstić information content (AvgIpc) is 2.65. The molecule has 0 amide bonds. The fraction of sp³-hybridized carbons (Fsp3) is 0.231. The van der Waals surface area contributed by atoms with E-state index in [0.717, 1.165) is 10.7 Å². The molecule has 0 aliphatic carbocycles. The van der Waals surface area contributed by atoms with Crippen molar-refractivity contribution in [2.45, 2.75) is 29.7 Å². The molecular formula is C13H15NOS. The summed E-state index contributed by atoms with van der Waals surface area (Å²) in [6, 6.07) is 10.3. The van der Waals surface area contributed by atoms with Gasteiger partial charge in [-0.15, -0.1) is 0 Å². The summed E-state index contributed by atoms with van der Waals surface area (Å²) in [5.74, 6) is 0.949. The molecule has 16 heavy (non-hydrogen) atoms. The smallest absolute Gasteiger partial charge is 0.114 e. The summed E-state index contributed by atoms with van der Waals surface area (Å²) >= 11 is 1.70. The Hall–Kier alpha value is -1.19. The van der Waals surface area contributed by atoms with Crippen LogP contribution in [0.1, 0.15) is 24.3 Å². The van der Waals surface area contributed by atoms with Gasteiger partial charge in [-0.3, -0.25) is 0 Å². The van der Waals surface area contributed by atoms with Crippen molar-refractivity contribution in [3.8, 4) is 0 Å². The fourth-order valence-electron chi connectivity index (χ4n) is 1.55. The van der Waals surface area contributed by atoms with Crippen molar-refractivity contribution >= 4 is 11.8 Å². The molecule has 0 saturated heterocycles. The fourth-order valence-corrected chi connectivity index (χ4v) is 2.62. The Kier molecular flexibility index (Phi) is 3.36. The maximum atomic E-state index is 5.94. The van der Waals surface area contributed by atoms with E-state index in [-0.39, 0.29) is 6.04 Å². The number of benzene rings is 1. The predicted octanol–water partition coefficient (Wildman–Crippen LogP) is 3.76. The van der Waals surface area contributed by atoms with Crippen molar-refractivity contribution in [3.05, 3.63) is 47.9 Å². The summed E-state index contributed by atoms with van der Waals surface area (Å²) in [7, 11) is 0. The second-order valence-electron chi connectivity index (χ2n) is 3.77. The molecule has 2 aromatic rings. The van der Waals surface area contributed by atoms with Crippen molar-refractivity contribution < 1.29 is 4.42 Å². The minimum absolute atomic E-state index is 0.0518. The van der Waals surface area contributed by atoms with E-state index in [0.29, 0.717) is 0 Å². The van der Waals surface area contributed by atoms with Crippen LogP contribution in [0.2, 0.25) is 0 Å². The Morgan fingerprint density at radius 3 is 2.56 bits per heavy atom. The molecule has 0 radical (unpaired) electrons. The van der Waals surface area contributed by atoms with Gasteiger partial charge in [-0.2, -0.15) is 0 Å². The average molecular weight is 233 g/mol. The van der Waals surface area contributed by atoms with E-state index < -0.39 is 0 Å². The number of hydrogen-bond acceptors (Lipinski definition) is 3. The molecule has 0 spiro atoms. The van der Waals surface area contributed by atoms with E-state index in [9.17, 15) is 0 Å². The van der Waals surface area contributed by atoms with Gasteiger partial charge in [-0.25, -0.2) is 0 Å². The third kappa shape index (κ3) is 2.31. The molecule has 84 valence electrons. The minimum Gasteiger partial charge on any atom is -0.468 e. The van der Waals surface area contributed by atoms with Crippen LogP contribution in [0.3, 0.4) is 0 Å². The molecule has 0 aliphatic rings. The number of furan rings is 1. The number of rotatable bonds is 3. The number of aryl methyl sites for hydroxylation is 1. The molecular weight excluding hydrogens is 218 g/mol. The molecule has 1 heterocycles. The van der Waals surface area contributed by atoms with Gasteiger partial charge >= 0.3 is 0 Å². The van der Waals surface area contributed by atoms with Gasteiger partial charge < -0.3 is 10.2 Å². The lowest BCUT2D eigenvalue weighted by Crippen LogP contribution is -2.05. The second kappa shape index (κ2) is 4.76. The Bertz CT molecular complexity index is 476. The molecule has 0 unspecified atom stereocenters. The Morgan fingerprint density at radius 2 is 1.94 bits per heavy atom. The van der Waals surface area contributed by atoms with Crippen molar-refractivity contribution in [1.82, 2.24) is 0 Å². The predicted molar refractivity (Wildman–Crippen MR) is 66.6 cm³/mol. The molecule has 2 rings (SSSR count). The van der Waals surface area contributed by atoms with E-state index in [1.54, 1.807) is 18.0 Å². The lowest BCUT2D eigenvalue weighted by atomic mass is 10.1. The van der Waals surface area contributed by atoms with Crippen LogP contribution in [-0.4, -0.2) is 0 Å². The van der Waals surface area contributed by atoms with E-state index in [2.05, 4.69) is 12.1 Å². The molecule has 1 aromatic heterocycles. The summed E-state index contributed by atoms with van der Waals surface area (Å²) < 4.78 is 5.28. The molecule has 1 aromatic carbocycles. The molecule has 0 saturated carbocycles. The number of hydrogen-bond donors (Lipinski definition) is 1. The van der Waals surface area contributed by atoms with Gasteiger partial charge in [0.05, 0.1) is 11.2 Å². The first-order chi connectivity index (χ1) is 7.68. The topological polar surface area (TPSA) is 39.2 Å². The highest BCUT2D eigenvalue weighted by atomic mass is 32.2. The first-order valence-electron chi connectivity index (χ1n) is 5.25. The second-order valence-corrected chi connectivity index (χ2v) is 4.85. The van der Waals surface area contributed by atoms with Gasteiger partial charge in [0.15, 0.2) is 0 Å². The summed E-state index contributed by atoms with van der Waals surface area (Å²) in [6.07, 6.45) is 1.71. The van der Waals surface area contributed by atoms with Crippen LogP contribution < -0.4 is 5.73 Å². The zero-order valence-corrected chi connectivity index (χ0v) is 10.3. The summed E-state index contributed by atoms with van der Waals surface area (Å²) in [5, 5.41) is 0. The lowest BCUT2D eigenvalue weighted by molar-refractivity contribution is 0.527. The highest BCUT2D eigenvalue weighted by Gasteiger charge is 2.09. The van der Waals surface area contributed by atoms with Gasteiger partial charge in [0, 0.05) is 10.9 Å². The van der Waals surface area contributed by atoms with Crippen LogP contribution in [0.5, 0.6) is 0 Å². The van der Waals surface area contributed by atoms with E-state index >= 15 is 0 Å². The first-order valence-corrected chi connectivity index (χ1v) is 6.06. The molecule has 2 N–H and O–H groups in total. The highest BCUT2D eigenvalue weighted by molar-refractivity contribution is 7.99. The maximum absolute atomic E-state index is 5.94. The Labute approximate surface area is 99.8 Å². The van der Waals surface area contributed by atoms with Crippen molar-refractivity contribution in [2.75, 3.05) is 0 Å². The normalized spacial score (nSPS) is 12.7. The van der Waals surface area contributed by atoms with Crippen molar-refractivity contribution in [2.24, 2.45) is 5.73 Å². The van der Waals surface area contributed by atoms with Gasteiger partial charge in [0.25, 0.3) is 0 Å². The van der Waals surface area contributed by atoms with Gasteiger partial charge in [0.2, 0.25) is 0 Å². The molecule has 0 aliphatic heterocycles. The van der Waals surface area contributed by atoms with Gasteiger partial charge in [0.1, 0.15) is 5.76 Å².